The third kappa shape index (κ3) is 3.69. The van der Waals surface area contributed by atoms with Crippen LogP contribution in [0.3, 0.4) is 0 Å². The zero-order valence-electron chi connectivity index (χ0n) is 10.7. The molecule has 1 rings (SSSR count). The Labute approximate surface area is 104 Å². The van der Waals surface area contributed by atoms with Gasteiger partial charge in [0.1, 0.15) is 0 Å². The summed E-state index contributed by atoms with van der Waals surface area (Å²) in [4.78, 5) is 32.9. The van der Waals surface area contributed by atoms with Gasteiger partial charge < -0.3 is 18.9 Å². The van der Waals surface area contributed by atoms with E-state index in [-0.39, 0.29) is 0 Å². The van der Waals surface area contributed by atoms with Gasteiger partial charge in [0.05, 0.1) is 6.10 Å². The van der Waals surface area contributed by atoms with E-state index >= 15 is 0 Å². The molecule has 0 aliphatic carbocycles. The molecule has 0 spiro atoms. The lowest BCUT2D eigenvalue weighted by atomic mass is 10.1. The van der Waals surface area contributed by atoms with Crippen LogP contribution in [0.4, 0.5) is 0 Å². The van der Waals surface area contributed by atoms with Crippen LogP contribution in [-0.2, 0) is 33.3 Å². The molecule has 0 N–H and O–H groups in total. The summed E-state index contributed by atoms with van der Waals surface area (Å²) in [7, 11) is 0. The molecule has 18 heavy (non-hydrogen) atoms. The smallest absolute Gasteiger partial charge is 0.305 e. The predicted molar refractivity (Wildman–Crippen MR) is 57.2 cm³/mol. The van der Waals surface area contributed by atoms with Crippen LogP contribution in [0, 0.1) is 0 Å². The number of rotatable bonds is 3. The maximum absolute atomic E-state index is 11.0. The van der Waals surface area contributed by atoms with E-state index in [1.807, 2.05) is 0 Å². The Morgan fingerprint density at radius 3 is 1.72 bits per heavy atom. The molecule has 7 heteroatoms. The van der Waals surface area contributed by atoms with Crippen LogP contribution >= 0.6 is 0 Å². The van der Waals surface area contributed by atoms with Crippen molar-refractivity contribution in [2.45, 2.75) is 52.3 Å². The van der Waals surface area contributed by atoms with E-state index in [9.17, 15) is 14.4 Å². The van der Waals surface area contributed by atoms with Crippen molar-refractivity contribution >= 4 is 17.9 Å². The third-order valence-electron chi connectivity index (χ3n) is 2.29. The van der Waals surface area contributed by atoms with Gasteiger partial charge in [-0.2, -0.15) is 0 Å². The van der Waals surface area contributed by atoms with Gasteiger partial charge in [-0.3, -0.25) is 14.4 Å². The molecule has 0 radical (unpaired) electrons. The van der Waals surface area contributed by atoms with Crippen LogP contribution in [0.2, 0.25) is 0 Å². The maximum Gasteiger partial charge on any atom is 0.305 e. The summed E-state index contributed by atoms with van der Waals surface area (Å²) in [6.07, 6.45) is -3.35. The second-order valence-corrected chi connectivity index (χ2v) is 3.97. The van der Waals surface area contributed by atoms with Gasteiger partial charge in [-0.1, -0.05) is 0 Å². The second-order valence-electron chi connectivity index (χ2n) is 3.97. The molecular formula is C11H16O7. The highest BCUT2D eigenvalue weighted by molar-refractivity contribution is 5.68. The Morgan fingerprint density at radius 1 is 0.833 bits per heavy atom. The molecule has 0 amide bonds. The summed E-state index contributed by atoms with van der Waals surface area (Å²) in [6.45, 7) is 5.28. The van der Waals surface area contributed by atoms with Gasteiger partial charge in [0.15, 0.2) is 6.10 Å². The Bertz CT molecular complexity index is 351. The lowest BCUT2D eigenvalue weighted by Crippen LogP contribution is -2.40. The minimum absolute atomic E-state index is 0.531. The fourth-order valence-electron chi connectivity index (χ4n) is 1.72. The average Bonchev–Trinajstić information content (AvgIpc) is 2.43. The van der Waals surface area contributed by atoms with Crippen LogP contribution in [-0.4, -0.2) is 42.5 Å². The first-order valence-corrected chi connectivity index (χ1v) is 5.48. The highest BCUT2D eigenvalue weighted by Crippen LogP contribution is 2.27. The minimum Gasteiger partial charge on any atom is -0.456 e. The molecule has 4 atom stereocenters. The van der Waals surface area contributed by atoms with E-state index < -0.39 is 42.5 Å². The monoisotopic (exact) mass is 260 g/mol. The summed E-state index contributed by atoms with van der Waals surface area (Å²) in [5.74, 6) is -1.68. The molecule has 1 fully saturated rings. The molecule has 1 heterocycles. The van der Waals surface area contributed by atoms with Crippen molar-refractivity contribution in [3.63, 3.8) is 0 Å². The van der Waals surface area contributed by atoms with E-state index in [0.29, 0.717) is 0 Å². The van der Waals surface area contributed by atoms with Gasteiger partial charge in [-0.25, -0.2) is 0 Å². The number of carbonyl (C=O) groups excluding carboxylic acids is 3. The van der Waals surface area contributed by atoms with Crippen molar-refractivity contribution in [1.82, 2.24) is 0 Å². The normalized spacial score (nSPS) is 30.7. The molecule has 102 valence electrons. The molecule has 0 aromatic carbocycles. The van der Waals surface area contributed by atoms with Gasteiger partial charge in [-0.05, 0) is 6.92 Å². The molecule has 0 saturated carbocycles. The van der Waals surface area contributed by atoms with Gasteiger partial charge in [0, 0.05) is 20.8 Å². The molecular weight excluding hydrogens is 244 g/mol. The molecule has 7 nitrogen and oxygen atoms in total. The van der Waals surface area contributed by atoms with E-state index in [1.54, 1.807) is 6.92 Å². The summed E-state index contributed by atoms with van der Waals surface area (Å²) < 4.78 is 20.2. The molecule has 0 aromatic rings. The summed E-state index contributed by atoms with van der Waals surface area (Å²) in [6, 6.07) is 0. The number of carbonyl (C=O) groups is 3. The van der Waals surface area contributed by atoms with E-state index in [4.69, 9.17) is 18.9 Å². The number of hydrogen-bond acceptors (Lipinski definition) is 7. The standard InChI is InChI=1S/C11H16O7/c1-5-9(16-6(2)12)10(17-7(3)13)11(15-5)18-8(4)14/h5,9-11H,1-4H3/t5-,9+,10-,11-/m0/s1. The fraction of sp³-hybridized carbons (Fsp3) is 0.727. The summed E-state index contributed by atoms with van der Waals surface area (Å²) in [5, 5.41) is 0. The third-order valence-corrected chi connectivity index (χ3v) is 2.29. The maximum atomic E-state index is 11.0. The highest BCUT2D eigenvalue weighted by Gasteiger charge is 2.49. The van der Waals surface area contributed by atoms with Crippen molar-refractivity contribution < 1.29 is 33.3 Å². The second kappa shape index (κ2) is 5.81. The quantitative estimate of drug-likeness (QED) is 0.527. The van der Waals surface area contributed by atoms with Gasteiger partial charge >= 0.3 is 17.9 Å². The molecule has 1 saturated heterocycles. The number of ether oxygens (including phenoxy) is 4. The predicted octanol–water partition coefficient (Wildman–Crippen LogP) is 0.158. The van der Waals surface area contributed by atoms with Crippen LogP contribution in [0.15, 0.2) is 0 Å². The lowest BCUT2D eigenvalue weighted by Gasteiger charge is -2.22. The fourth-order valence-corrected chi connectivity index (χ4v) is 1.72. The van der Waals surface area contributed by atoms with Crippen LogP contribution in [0.1, 0.15) is 27.7 Å². The van der Waals surface area contributed by atoms with Crippen LogP contribution in [0.25, 0.3) is 0 Å². The Kier molecular flexibility index (Phi) is 4.66. The Hall–Kier alpha value is -1.63. The number of esters is 3. The highest BCUT2D eigenvalue weighted by atomic mass is 16.7. The molecule has 0 aromatic heterocycles. The van der Waals surface area contributed by atoms with E-state index in [0.717, 1.165) is 0 Å². The van der Waals surface area contributed by atoms with Crippen LogP contribution < -0.4 is 0 Å². The first-order valence-electron chi connectivity index (χ1n) is 5.48. The van der Waals surface area contributed by atoms with Gasteiger partial charge in [0.25, 0.3) is 0 Å². The summed E-state index contributed by atoms with van der Waals surface area (Å²) in [5.41, 5.74) is 0. The number of hydrogen-bond donors (Lipinski definition) is 0. The van der Waals surface area contributed by atoms with Crippen molar-refractivity contribution in [1.29, 1.82) is 0 Å². The topological polar surface area (TPSA) is 88.1 Å². The Balaban J connectivity index is 2.83. The van der Waals surface area contributed by atoms with Crippen LogP contribution in [0.5, 0.6) is 0 Å². The van der Waals surface area contributed by atoms with Crippen molar-refractivity contribution in [2.24, 2.45) is 0 Å². The Morgan fingerprint density at radius 2 is 1.28 bits per heavy atom. The SMILES string of the molecule is CC(=O)O[C@@H]1O[C@@H](C)[C@@H](OC(C)=O)[C@@H]1OC(C)=O. The van der Waals surface area contributed by atoms with Crippen molar-refractivity contribution in [3.05, 3.63) is 0 Å². The van der Waals surface area contributed by atoms with Crippen molar-refractivity contribution in [3.8, 4) is 0 Å². The lowest BCUT2D eigenvalue weighted by molar-refractivity contribution is -0.194. The summed E-state index contributed by atoms with van der Waals surface area (Å²) >= 11 is 0. The molecule has 0 bridgehead atoms. The zero-order valence-corrected chi connectivity index (χ0v) is 10.7. The molecule has 0 unspecified atom stereocenters. The molecule has 1 aliphatic heterocycles. The zero-order chi connectivity index (χ0) is 13.9. The largest absolute Gasteiger partial charge is 0.456 e. The van der Waals surface area contributed by atoms with Crippen molar-refractivity contribution in [2.75, 3.05) is 0 Å². The van der Waals surface area contributed by atoms with E-state index in [1.165, 1.54) is 20.8 Å². The van der Waals surface area contributed by atoms with Gasteiger partial charge in [0.2, 0.25) is 12.4 Å². The van der Waals surface area contributed by atoms with E-state index in [2.05, 4.69) is 0 Å². The minimum atomic E-state index is -1.06. The first kappa shape index (κ1) is 14.4. The average molecular weight is 260 g/mol. The first-order chi connectivity index (χ1) is 8.31. The van der Waals surface area contributed by atoms with Gasteiger partial charge in [-0.15, -0.1) is 0 Å². The molecule has 1 aliphatic rings.